The number of carboxylic acid groups (broad SMARTS) is 1. The second-order valence-electron chi connectivity index (χ2n) is 5.81. The van der Waals surface area contributed by atoms with Gasteiger partial charge >= 0.3 is 0 Å². The smallest absolute Gasteiger partial charge is 0.290 e. The number of nitrogens with one attached hydrogen (secondary N) is 1. The van der Waals surface area contributed by atoms with E-state index in [0.717, 1.165) is 11.1 Å². The summed E-state index contributed by atoms with van der Waals surface area (Å²) in [5, 5.41) is 6.75. The first-order valence-electron chi connectivity index (χ1n) is 7.27. The predicted molar refractivity (Wildman–Crippen MR) is 110 cm³/mol. The normalized spacial score (nSPS) is 9.46. The Morgan fingerprint density at radius 2 is 1.58 bits per heavy atom. The molecule has 2 aromatic carbocycles. The van der Waals surface area contributed by atoms with E-state index < -0.39 is 5.24 Å². The van der Waals surface area contributed by atoms with Crippen LogP contribution in [0.5, 0.6) is 0 Å². The summed E-state index contributed by atoms with van der Waals surface area (Å²) >= 11 is 11.6. The highest BCUT2D eigenvalue weighted by Crippen LogP contribution is 2.31. The molecule has 0 spiro atoms. The van der Waals surface area contributed by atoms with Crippen molar-refractivity contribution in [1.29, 1.82) is 0 Å². The third kappa shape index (κ3) is 10.4. The fraction of sp³-hybridized carbons (Fsp3) is 0.222. The van der Waals surface area contributed by atoms with Crippen molar-refractivity contribution in [2.75, 3.05) is 0 Å². The van der Waals surface area contributed by atoms with E-state index >= 15 is 0 Å². The number of benzene rings is 2. The average Bonchev–Trinajstić information content (AvgIpc) is 2.56. The fourth-order valence-electron chi connectivity index (χ4n) is 1.52. The molecule has 0 aromatic heterocycles. The molecule has 2 aromatic rings. The lowest BCUT2D eigenvalue weighted by Gasteiger charge is -2.14. The van der Waals surface area contributed by atoms with Crippen LogP contribution < -0.4 is 11.3 Å². The van der Waals surface area contributed by atoms with Crippen LogP contribution in [0.4, 0.5) is 0 Å². The maximum Gasteiger partial charge on any atom is 0.290 e. The molecule has 144 valence electrons. The van der Waals surface area contributed by atoms with Crippen molar-refractivity contribution in [3.05, 3.63) is 59.1 Å². The Labute approximate surface area is 169 Å². The van der Waals surface area contributed by atoms with Crippen LogP contribution in [0.25, 0.3) is 11.1 Å². The maximum atomic E-state index is 11.1. The molecule has 0 atom stereocenters. The first kappa shape index (κ1) is 26.6. The zero-order valence-corrected chi connectivity index (χ0v) is 17.0. The summed E-state index contributed by atoms with van der Waals surface area (Å²) in [7, 11) is 0. The molecule has 8 heteroatoms. The molecule has 0 radical (unpaired) electrons. The van der Waals surface area contributed by atoms with E-state index in [9.17, 15) is 4.79 Å². The minimum absolute atomic E-state index is 0. The molecule has 2 rings (SSSR count). The molecule has 0 fully saturated rings. The Morgan fingerprint density at radius 1 is 1.12 bits per heavy atom. The van der Waals surface area contributed by atoms with Gasteiger partial charge in [-0.1, -0.05) is 54.1 Å². The van der Waals surface area contributed by atoms with Gasteiger partial charge in [-0.3, -0.25) is 20.9 Å². The number of carbonyl (C=O) groups is 2. The summed E-state index contributed by atoms with van der Waals surface area (Å²) in [6, 6.07) is 14.9. The molecule has 5 nitrogen and oxygen atoms in total. The van der Waals surface area contributed by atoms with Gasteiger partial charge in [0.05, 0.1) is 10.6 Å². The summed E-state index contributed by atoms with van der Waals surface area (Å²) in [5.41, 5.74) is 4.79. The summed E-state index contributed by atoms with van der Waals surface area (Å²) in [6.07, 6.45) is 0. The Kier molecular flexibility index (Phi) is 13.9. The van der Waals surface area contributed by atoms with Crippen molar-refractivity contribution in [3.63, 3.8) is 0 Å². The molecule has 0 unspecified atom stereocenters. The van der Waals surface area contributed by atoms with Crippen LogP contribution >= 0.6 is 35.6 Å². The molecule has 4 N–H and O–H groups in total. The van der Waals surface area contributed by atoms with Gasteiger partial charge in [-0.2, -0.15) is 0 Å². The fourth-order valence-corrected chi connectivity index (χ4v) is 2.05. The van der Waals surface area contributed by atoms with Crippen LogP contribution in [0.3, 0.4) is 0 Å². The Balaban J connectivity index is 0. The van der Waals surface area contributed by atoms with E-state index in [1.807, 2.05) is 57.2 Å². The number of rotatable bonds is 2. The van der Waals surface area contributed by atoms with Gasteiger partial charge in [0.25, 0.3) is 11.7 Å². The van der Waals surface area contributed by atoms with Gasteiger partial charge in [0, 0.05) is 11.1 Å². The molecule has 0 bridgehead atoms. The van der Waals surface area contributed by atoms with Crippen molar-refractivity contribution in [3.8, 4) is 11.1 Å². The van der Waals surface area contributed by atoms with E-state index in [1.165, 1.54) is 0 Å². The molecule has 0 aliphatic carbocycles. The molecule has 0 aliphatic rings. The third-order valence-electron chi connectivity index (χ3n) is 2.73. The van der Waals surface area contributed by atoms with Crippen molar-refractivity contribution in [2.45, 2.75) is 26.3 Å². The van der Waals surface area contributed by atoms with Gasteiger partial charge in [0.15, 0.2) is 0 Å². The van der Waals surface area contributed by atoms with Crippen LogP contribution in [0.1, 0.15) is 31.1 Å². The quantitative estimate of drug-likeness (QED) is 0.281. The van der Waals surface area contributed by atoms with Crippen LogP contribution in [-0.4, -0.2) is 22.4 Å². The Bertz CT molecular complexity index is 675. The van der Waals surface area contributed by atoms with Crippen LogP contribution in [-0.2, 0) is 4.79 Å². The number of carbonyl (C=O) groups excluding carboxylic acids is 1. The standard InChI is InChI=1S/C13H8Cl2O.C4H12N2.CH2O2.ClH/c14-12-10(9-5-2-1-3-6-9)7-4-8-11(12)13(15)16;1-4(2,3)6-5;2-1-3;/h1-8H;6H,5H2,1-3H3;1H,(H,2,3);1H. The van der Waals surface area contributed by atoms with E-state index in [2.05, 4.69) is 5.43 Å². The SMILES string of the molecule is CC(C)(C)NN.Cl.O=C(Cl)c1cccc(-c2ccccc2)c1Cl.O=CO. The molecule has 0 saturated heterocycles. The minimum atomic E-state index is -0.539. The third-order valence-corrected chi connectivity index (χ3v) is 3.34. The maximum absolute atomic E-state index is 11.1. The molecule has 0 amide bonds. The Hall–Kier alpha value is -1.63. The predicted octanol–water partition coefficient (Wildman–Crippen LogP) is 4.76. The van der Waals surface area contributed by atoms with Gasteiger partial charge in [-0.15, -0.1) is 12.4 Å². The van der Waals surface area contributed by atoms with Crippen LogP contribution in [0, 0.1) is 0 Å². The highest BCUT2D eigenvalue weighted by molar-refractivity contribution is 6.69. The number of hydrogen-bond acceptors (Lipinski definition) is 4. The average molecular weight is 422 g/mol. The summed E-state index contributed by atoms with van der Waals surface area (Å²) in [5.74, 6) is 5.06. The summed E-state index contributed by atoms with van der Waals surface area (Å²) in [6.45, 7) is 5.77. The summed E-state index contributed by atoms with van der Waals surface area (Å²) in [4.78, 5) is 19.5. The molecule has 0 aliphatic heterocycles. The molecule has 0 saturated carbocycles. The lowest BCUT2D eigenvalue weighted by atomic mass is 10.0. The van der Waals surface area contributed by atoms with Gasteiger partial charge < -0.3 is 5.11 Å². The molecule has 0 heterocycles. The molecular formula is C18H23Cl3N2O3. The second-order valence-corrected chi connectivity index (χ2v) is 6.53. The second kappa shape index (κ2) is 13.6. The highest BCUT2D eigenvalue weighted by Gasteiger charge is 2.11. The lowest BCUT2D eigenvalue weighted by Crippen LogP contribution is -2.41. The topological polar surface area (TPSA) is 92.4 Å². The number of nitrogens with two attached hydrogens (primary N) is 1. The van der Waals surface area contributed by atoms with E-state index in [4.69, 9.17) is 38.9 Å². The molecule has 26 heavy (non-hydrogen) atoms. The van der Waals surface area contributed by atoms with Gasteiger partial charge in [0.2, 0.25) is 0 Å². The number of hydrazine groups is 1. The van der Waals surface area contributed by atoms with Gasteiger partial charge in [-0.25, -0.2) is 0 Å². The van der Waals surface area contributed by atoms with Gasteiger partial charge in [0.1, 0.15) is 0 Å². The lowest BCUT2D eigenvalue weighted by molar-refractivity contribution is -0.122. The highest BCUT2D eigenvalue weighted by atomic mass is 35.5. The Morgan fingerprint density at radius 3 is 1.96 bits per heavy atom. The van der Waals surface area contributed by atoms with Crippen LogP contribution in [0.15, 0.2) is 48.5 Å². The summed E-state index contributed by atoms with van der Waals surface area (Å²) < 4.78 is 0. The first-order chi connectivity index (χ1) is 11.7. The van der Waals surface area contributed by atoms with E-state index in [-0.39, 0.29) is 24.4 Å². The van der Waals surface area contributed by atoms with Crippen molar-refractivity contribution in [2.24, 2.45) is 5.84 Å². The van der Waals surface area contributed by atoms with E-state index in [1.54, 1.807) is 12.1 Å². The number of hydrogen-bond donors (Lipinski definition) is 3. The molecular weight excluding hydrogens is 399 g/mol. The van der Waals surface area contributed by atoms with Crippen LogP contribution in [0.2, 0.25) is 5.02 Å². The zero-order valence-electron chi connectivity index (χ0n) is 14.7. The van der Waals surface area contributed by atoms with Crippen molar-refractivity contribution < 1.29 is 14.7 Å². The monoisotopic (exact) mass is 420 g/mol. The van der Waals surface area contributed by atoms with Crippen molar-refractivity contribution >= 4 is 47.3 Å². The number of halogens is 3. The zero-order chi connectivity index (χ0) is 19.5. The minimum Gasteiger partial charge on any atom is -0.483 e. The van der Waals surface area contributed by atoms with E-state index in [0.29, 0.717) is 10.6 Å². The largest absolute Gasteiger partial charge is 0.483 e. The van der Waals surface area contributed by atoms with Crippen molar-refractivity contribution in [1.82, 2.24) is 5.43 Å². The van der Waals surface area contributed by atoms with Gasteiger partial charge in [-0.05, 0) is 44.0 Å². The first-order valence-corrected chi connectivity index (χ1v) is 8.03.